The van der Waals surface area contributed by atoms with Crippen LogP contribution < -0.4 is 5.32 Å². The number of ether oxygens (including phenoxy) is 1. The first-order valence-corrected chi connectivity index (χ1v) is 9.71. The third-order valence-corrected chi connectivity index (χ3v) is 4.73. The number of fused-ring (bicyclic) bond motifs is 1. The molecule has 5 nitrogen and oxygen atoms in total. The van der Waals surface area contributed by atoms with E-state index < -0.39 is 17.7 Å². The number of amides is 2. The summed E-state index contributed by atoms with van der Waals surface area (Å²) < 4.78 is 5.55. The number of hydrogen-bond acceptors (Lipinski definition) is 3. The smallest absolute Gasteiger partial charge is 0.411 e. The first-order chi connectivity index (χ1) is 13.3. The Kier molecular flexibility index (Phi) is 6.02. The van der Waals surface area contributed by atoms with E-state index in [1.807, 2.05) is 75.4 Å². The zero-order chi connectivity index (χ0) is 20.1. The molecule has 0 radical (unpaired) electrons. The van der Waals surface area contributed by atoms with E-state index in [1.165, 1.54) is 5.56 Å². The van der Waals surface area contributed by atoms with Gasteiger partial charge in [-0.15, -0.1) is 0 Å². The van der Waals surface area contributed by atoms with E-state index in [2.05, 4.69) is 5.32 Å². The lowest BCUT2D eigenvalue weighted by Crippen LogP contribution is -2.53. The van der Waals surface area contributed by atoms with Gasteiger partial charge in [0.25, 0.3) is 0 Å². The average Bonchev–Trinajstić information content (AvgIpc) is 2.66. The van der Waals surface area contributed by atoms with E-state index in [1.54, 1.807) is 4.90 Å². The normalized spacial score (nSPS) is 16.2. The van der Waals surface area contributed by atoms with Crippen molar-refractivity contribution in [3.8, 4) is 0 Å². The standard InChI is InChI=1S/C23H28N2O3/c1-23(2,3)28-22(27)25-16-19-12-8-7-11-18(19)15-20(25)21(26)24-14-13-17-9-5-4-6-10-17/h4-12,20H,13-16H2,1-3H3,(H,24,26)/t20-/m1/s1. The molecule has 0 unspecified atom stereocenters. The third-order valence-electron chi connectivity index (χ3n) is 4.73. The molecular formula is C23H28N2O3. The molecular weight excluding hydrogens is 352 g/mol. The van der Waals surface area contributed by atoms with Crippen LogP contribution in [0.2, 0.25) is 0 Å². The van der Waals surface area contributed by atoms with E-state index in [-0.39, 0.29) is 5.91 Å². The van der Waals surface area contributed by atoms with Crippen molar-refractivity contribution >= 4 is 12.0 Å². The number of nitrogens with one attached hydrogen (secondary N) is 1. The first kappa shape index (κ1) is 19.9. The van der Waals surface area contributed by atoms with Crippen LogP contribution in [0.5, 0.6) is 0 Å². The summed E-state index contributed by atoms with van der Waals surface area (Å²) in [5.74, 6) is -0.142. The van der Waals surface area contributed by atoms with Crippen molar-refractivity contribution in [2.45, 2.75) is 51.8 Å². The summed E-state index contributed by atoms with van der Waals surface area (Å²) in [5.41, 5.74) is 2.72. The number of rotatable bonds is 4. The number of carbonyl (C=O) groups is 2. The van der Waals surface area contributed by atoms with Crippen molar-refractivity contribution in [2.24, 2.45) is 0 Å². The van der Waals surface area contributed by atoms with Crippen LogP contribution in [0, 0.1) is 0 Å². The van der Waals surface area contributed by atoms with Gasteiger partial charge in [-0.1, -0.05) is 54.6 Å². The molecule has 2 aromatic rings. The minimum Gasteiger partial charge on any atom is -0.444 e. The highest BCUT2D eigenvalue weighted by Gasteiger charge is 2.36. The Morgan fingerprint density at radius 1 is 1.04 bits per heavy atom. The van der Waals surface area contributed by atoms with Crippen LogP contribution in [0.4, 0.5) is 4.79 Å². The van der Waals surface area contributed by atoms with Gasteiger partial charge >= 0.3 is 6.09 Å². The predicted octanol–water partition coefficient (Wildman–Crippen LogP) is 3.71. The highest BCUT2D eigenvalue weighted by molar-refractivity contribution is 5.86. The summed E-state index contributed by atoms with van der Waals surface area (Å²) in [6.07, 6.45) is 0.791. The molecule has 1 atom stereocenters. The highest BCUT2D eigenvalue weighted by atomic mass is 16.6. The lowest BCUT2D eigenvalue weighted by Gasteiger charge is -2.36. The second-order valence-corrected chi connectivity index (χ2v) is 8.12. The maximum absolute atomic E-state index is 12.9. The molecule has 0 fully saturated rings. The average molecular weight is 380 g/mol. The molecule has 0 aliphatic carbocycles. The Balaban J connectivity index is 1.71. The molecule has 1 N–H and O–H groups in total. The van der Waals surface area contributed by atoms with Crippen molar-refractivity contribution in [3.63, 3.8) is 0 Å². The van der Waals surface area contributed by atoms with Gasteiger partial charge in [-0.3, -0.25) is 9.69 Å². The predicted molar refractivity (Wildman–Crippen MR) is 109 cm³/mol. The van der Waals surface area contributed by atoms with Gasteiger partial charge in [0.1, 0.15) is 11.6 Å². The highest BCUT2D eigenvalue weighted by Crippen LogP contribution is 2.25. The molecule has 28 heavy (non-hydrogen) atoms. The number of nitrogens with zero attached hydrogens (tertiary/aromatic N) is 1. The summed E-state index contributed by atoms with van der Waals surface area (Å²) in [7, 11) is 0. The molecule has 1 aliphatic rings. The van der Waals surface area contributed by atoms with Crippen LogP contribution in [-0.4, -0.2) is 35.1 Å². The van der Waals surface area contributed by atoms with E-state index in [0.29, 0.717) is 19.5 Å². The molecule has 2 aromatic carbocycles. The maximum atomic E-state index is 12.9. The third kappa shape index (κ3) is 5.12. The van der Waals surface area contributed by atoms with E-state index in [0.717, 1.165) is 17.5 Å². The summed E-state index contributed by atoms with van der Waals surface area (Å²) in [6.45, 7) is 6.40. The van der Waals surface area contributed by atoms with Gasteiger partial charge in [0.2, 0.25) is 5.91 Å². The summed E-state index contributed by atoms with van der Waals surface area (Å²) in [5, 5.41) is 2.99. The Hall–Kier alpha value is -2.82. The van der Waals surface area contributed by atoms with Crippen molar-refractivity contribution in [1.29, 1.82) is 0 Å². The first-order valence-electron chi connectivity index (χ1n) is 9.71. The SMILES string of the molecule is CC(C)(C)OC(=O)N1Cc2ccccc2C[C@@H]1C(=O)NCCc1ccccc1. The molecule has 1 heterocycles. The van der Waals surface area contributed by atoms with Crippen LogP contribution in [-0.2, 0) is 28.9 Å². The molecule has 0 bridgehead atoms. The molecule has 0 aromatic heterocycles. The number of benzene rings is 2. The second-order valence-electron chi connectivity index (χ2n) is 8.12. The maximum Gasteiger partial charge on any atom is 0.411 e. The molecule has 2 amide bonds. The van der Waals surface area contributed by atoms with E-state index >= 15 is 0 Å². The van der Waals surface area contributed by atoms with Gasteiger partial charge in [0.15, 0.2) is 0 Å². The van der Waals surface area contributed by atoms with Crippen molar-refractivity contribution in [2.75, 3.05) is 6.54 Å². The van der Waals surface area contributed by atoms with Crippen LogP contribution in [0.15, 0.2) is 54.6 Å². The Morgan fingerprint density at radius 3 is 2.36 bits per heavy atom. The minimum atomic E-state index is -0.609. The molecule has 0 spiro atoms. The molecule has 5 heteroatoms. The fourth-order valence-corrected chi connectivity index (χ4v) is 3.36. The Morgan fingerprint density at radius 2 is 1.68 bits per heavy atom. The second kappa shape index (κ2) is 8.46. The largest absolute Gasteiger partial charge is 0.444 e. The van der Waals surface area contributed by atoms with Gasteiger partial charge in [-0.05, 0) is 43.9 Å². The van der Waals surface area contributed by atoms with Gasteiger partial charge in [-0.25, -0.2) is 4.79 Å². The molecule has 3 rings (SSSR count). The van der Waals surface area contributed by atoms with Gasteiger partial charge < -0.3 is 10.1 Å². The number of hydrogen-bond donors (Lipinski definition) is 1. The van der Waals surface area contributed by atoms with Crippen LogP contribution in [0.3, 0.4) is 0 Å². The topological polar surface area (TPSA) is 58.6 Å². The van der Waals surface area contributed by atoms with Crippen molar-refractivity contribution in [3.05, 3.63) is 71.3 Å². The summed E-state index contributed by atoms with van der Waals surface area (Å²) in [6, 6.07) is 17.4. The van der Waals surface area contributed by atoms with Gasteiger partial charge in [0.05, 0.1) is 6.54 Å². The fraction of sp³-hybridized carbons (Fsp3) is 0.391. The molecule has 0 saturated carbocycles. The van der Waals surface area contributed by atoms with Crippen LogP contribution >= 0.6 is 0 Å². The Bertz CT molecular complexity index is 827. The van der Waals surface area contributed by atoms with E-state index in [4.69, 9.17) is 4.74 Å². The van der Waals surface area contributed by atoms with Crippen LogP contribution in [0.1, 0.15) is 37.5 Å². The zero-order valence-electron chi connectivity index (χ0n) is 16.8. The van der Waals surface area contributed by atoms with E-state index in [9.17, 15) is 9.59 Å². The Labute approximate surface area is 166 Å². The van der Waals surface area contributed by atoms with Crippen molar-refractivity contribution in [1.82, 2.24) is 10.2 Å². The zero-order valence-corrected chi connectivity index (χ0v) is 16.8. The van der Waals surface area contributed by atoms with Gasteiger partial charge in [-0.2, -0.15) is 0 Å². The lowest BCUT2D eigenvalue weighted by atomic mass is 9.93. The summed E-state index contributed by atoms with van der Waals surface area (Å²) in [4.78, 5) is 27.2. The molecule has 0 saturated heterocycles. The molecule has 148 valence electrons. The number of carbonyl (C=O) groups excluding carboxylic acids is 2. The lowest BCUT2D eigenvalue weighted by molar-refractivity contribution is -0.127. The monoisotopic (exact) mass is 380 g/mol. The fourth-order valence-electron chi connectivity index (χ4n) is 3.36. The quantitative estimate of drug-likeness (QED) is 0.880. The summed E-state index contributed by atoms with van der Waals surface area (Å²) >= 11 is 0. The van der Waals surface area contributed by atoms with Crippen molar-refractivity contribution < 1.29 is 14.3 Å². The van der Waals surface area contributed by atoms with Crippen LogP contribution in [0.25, 0.3) is 0 Å². The van der Waals surface area contributed by atoms with Gasteiger partial charge in [0, 0.05) is 13.0 Å². The minimum absolute atomic E-state index is 0.142. The molecule has 1 aliphatic heterocycles.